The van der Waals surface area contributed by atoms with Crippen LogP contribution in [-0.4, -0.2) is 28.6 Å². The molecular formula is C22H32N3O2+. The lowest BCUT2D eigenvalue weighted by Gasteiger charge is -2.20. The fourth-order valence-electron chi connectivity index (χ4n) is 3.19. The van der Waals surface area contributed by atoms with Gasteiger partial charge in [0, 0.05) is 30.4 Å². The van der Waals surface area contributed by atoms with Crippen LogP contribution >= 0.6 is 0 Å². The number of aromatic nitrogens is 2. The molecule has 0 saturated carbocycles. The van der Waals surface area contributed by atoms with Crippen molar-refractivity contribution in [3.8, 4) is 0 Å². The van der Waals surface area contributed by atoms with E-state index in [2.05, 4.69) is 45.5 Å². The molecule has 2 aromatic heterocycles. The molecule has 2 N–H and O–H groups in total. The number of aryl methyl sites for hydroxylation is 3. The second-order valence-electron chi connectivity index (χ2n) is 7.17. The van der Waals surface area contributed by atoms with Gasteiger partial charge in [-0.1, -0.05) is 26.3 Å². The minimum absolute atomic E-state index is 0.140. The van der Waals surface area contributed by atoms with Gasteiger partial charge >= 0.3 is 5.97 Å². The van der Waals surface area contributed by atoms with Gasteiger partial charge in [0.25, 0.3) is 0 Å². The predicted molar refractivity (Wildman–Crippen MR) is 106 cm³/mol. The van der Waals surface area contributed by atoms with Gasteiger partial charge in [-0.25, -0.2) is 4.57 Å². The lowest BCUT2D eigenvalue weighted by molar-refractivity contribution is -0.697. The Morgan fingerprint density at radius 1 is 1.22 bits per heavy atom. The highest BCUT2D eigenvalue weighted by molar-refractivity contribution is 5.73. The van der Waals surface area contributed by atoms with E-state index in [4.69, 9.17) is 0 Å². The van der Waals surface area contributed by atoms with E-state index in [1.165, 1.54) is 11.1 Å². The number of pyridine rings is 2. The number of aliphatic carboxylic acids is 1. The smallest absolute Gasteiger partial charge is 0.320 e. The first-order valence-electron chi connectivity index (χ1n) is 9.93. The maximum absolute atomic E-state index is 11.3. The van der Waals surface area contributed by atoms with E-state index in [-0.39, 0.29) is 5.92 Å². The Balaban J connectivity index is 1.74. The topological polar surface area (TPSA) is 66.1 Å². The van der Waals surface area contributed by atoms with Crippen LogP contribution in [0.25, 0.3) is 0 Å². The molecule has 2 unspecified atom stereocenters. The summed E-state index contributed by atoms with van der Waals surface area (Å²) in [6.45, 7) is 5.71. The summed E-state index contributed by atoms with van der Waals surface area (Å²) < 4.78 is 2.23. The van der Waals surface area contributed by atoms with Crippen molar-refractivity contribution in [3.05, 3.63) is 60.2 Å². The molecule has 0 aliphatic rings. The number of nitrogens with one attached hydrogen (secondary N) is 1. The predicted octanol–water partition coefficient (Wildman–Crippen LogP) is 3.02. The van der Waals surface area contributed by atoms with Crippen molar-refractivity contribution in [2.45, 2.75) is 58.5 Å². The van der Waals surface area contributed by atoms with Gasteiger partial charge in [-0.15, -0.1) is 0 Å². The van der Waals surface area contributed by atoms with Crippen LogP contribution in [-0.2, 0) is 24.2 Å². The summed E-state index contributed by atoms with van der Waals surface area (Å²) in [5.74, 6) is -0.614. The number of nitrogens with zero attached hydrogens (tertiary/aromatic N) is 2. The molecule has 0 fully saturated rings. The summed E-state index contributed by atoms with van der Waals surface area (Å²) in [4.78, 5) is 15.5. The fourth-order valence-corrected chi connectivity index (χ4v) is 3.19. The third-order valence-corrected chi connectivity index (χ3v) is 5.01. The number of rotatable bonds is 12. The first-order valence-corrected chi connectivity index (χ1v) is 9.93. The molecule has 0 radical (unpaired) electrons. The Labute approximate surface area is 162 Å². The van der Waals surface area contributed by atoms with Crippen molar-refractivity contribution in [2.75, 3.05) is 6.54 Å². The average molecular weight is 371 g/mol. The van der Waals surface area contributed by atoms with Gasteiger partial charge in [0.15, 0.2) is 12.4 Å². The van der Waals surface area contributed by atoms with Gasteiger partial charge in [0.2, 0.25) is 0 Å². The van der Waals surface area contributed by atoms with E-state index in [0.29, 0.717) is 0 Å². The van der Waals surface area contributed by atoms with Crippen LogP contribution in [0.5, 0.6) is 0 Å². The molecule has 2 atom stereocenters. The van der Waals surface area contributed by atoms with E-state index in [0.717, 1.165) is 45.2 Å². The monoisotopic (exact) mass is 370 g/mol. The molecule has 0 aromatic carbocycles. The van der Waals surface area contributed by atoms with Gasteiger partial charge in [0.05, 0.1) is 0 Å². The number of carboxylic acids is 1. The van der Waals surface area contributed by atoms with Crippen LogP contribution in [0, 0.1) is 5.92 Å². The first-order chi connectivity index (χ1) is 13.1. The third kappa shape index (κ3) is 7.47. The molecule has 0 aliphatic carbocycles. The van der Waals surface area contributed by atoms with Crippen LogP contribution in [0.3, 0.4) is 0 Å². The highest BCUT2D eigenvalue weighted by Gasteiger charge is 2.22. The molecule has 146 valence electrons. The lowest BCUT2D eigenvalue weighted by Crippen LogP contribution is -2.42. The molecule has 27 heavy (non-hydrogen) atoms. The van der Waals surface area contributed by atoms with E-state index in [1.807, 2.05) is 26.1 Å². The Hall–Kier alpha value is -2.27. The summed E-state index contributed by atoms with van der Waals surface area (Å²) in [5.41, 5.74) is 2.56. The van der Waals surface area contributed by atoms with E-state index in [1.54, 1.807) is 6.20 Å². The van der Waals surface area contributed by atoms with Crippen LogP contribution in [0.2, 0.25) is 0 Å². The van der Waals surface area contributed by atoms with Crippen molar-refractivity contribution in [3.63, 3.8) is 0 Å². The maximum Gasteiger partial charge on any atom is 0.320 e. The standard InChI is InChI=1S/C22H31N3O2/c1-3-18(2)21(22(26)27)24-13-5-9-20-11-7-15-25(17-20)14-6-10-19-8-4-12-23-16-19/h4,7-8,11-12,15-18,21,24H,3,5-6,9-10,13-14H2,1-2H3/p+1. The molecule has 5 heteroatoms. The Bertz CT molecular complexity index is 691. The van der Waals surface area contributed by atoms with Crippen molar-refractivity contribution < 1.29 is 14.5 Å². The maximum atomic E-state index is 11.3. The van der Waals surface area contributed by atoms with Crippen molar-refractivity contribution in [1.29, 1.82) is 0 Å². The molecule has 2 aromatic rings. The number of carboxylic acid groups (broad SMARTS) is 1. The summed E-state index contributed by atoms with van der Waals surface area (Å²) in [7, 11) is 0. The largest absolute Gasteiger partial charge is 0.480 e. The third-order valence-electron chi connectivity index (χ3n) is 5.01. The normalized spacial score (nSPS) is 13.3. The van der Waals surface area contributed by atoms with Crippen LogP contribution in [0.4, 0.5) is 0 Å². The second kappa shape index (κ2) is 11.4. The number of carbonyl (C=O) groups is 1. The molecule has 2 heterocycles. The Morgan fingerprint density at radius 2 is 2.00 bits per heavy atom. The van der Waals surface area contributed by atoms with E-state index >= 15 is 0 Å². The minimum atomic E-state index is -0.754. The summed E-state index contributed by atoms with van der Waals surface area (Å²) >= 11 is 0. The van der Waals surface area contributed by atoms with Gasteiger partial charge in [-0.05, 0) is 49.4 Å². The zero-order valence-electron chi connectivity index (χ0n) is 16.5. The highest BCUT2D eigenvalue weighted by atomic mass is 16.4. The van der Waals surface area contributed by atoms with Crippen molar-refractivity contribution >= 4 is 5.97 Å². The van der Waals surface area contributed by atoms with Crippen LogP contribution < -0.4 is 9.88 Å². The Morgan fingerprint density at radius 3 is 2.70 bits per heavy atom. The molecule has 0 bridgehead atoms. The molecule has 0 amide bonds. The average Bonchev–Trinajstić information content (AvgIpc) is 2.68. The fraction of sp³-hybridized carbons (Fsp3) is 0.500. The van der Waals surface area contributed by atoms with Crippen molar-refractivity contribution in [1.82, 2.24) is 10.3 Å². The molecule has 2 rings (SSSR count). The quantitative estimate of drug-likeness (QED) is 0.445. The van der Waals surface area contributed by atoms with Gasteiger partial charge in [0.1, 0.15) is 12.6 Å². The zero-order valence-corrected chi connectivity index (χ0v) is 16.5. The van der Waals surface area contributed by atoms with E-state index in [9.17, 15) is 9.90 Å². The first kappa shape index (κ1) is 21.0. The summed E-state index contributed by atoms with van der Waals surface area (Å²) in [6, 6.07) is 7.87. The molecule has 0 aliphatic heterocycles. The van der Waals surface area contributed by atoms with Crippen molar-refractivity contribution in [2.24, 2.45) is 5.92 Å². The molecule has 0 saturated heterocycles. The molecule has 5 nitrogen and oxygen atoms in total. The highest BCUT2D eigenvalue weighted by Crippen LogP contribution is 2.08. The lowest BCUT2D eigenvalue weighted by atomic mass is 9.99. The van der Waals surface area contributed by atoms with Crippen LogP contribution in [0.1, 0.15) is 44.2 Å². The molecule has 0 spiro atoms. The van der Waals surface area contributed by atoms with E-state index < -0.39 is 12.0 Å². The SMILES string of the molecule is CCC(C)C(NCCCc1ccc[n+](CCCc2cccnc2)c1)C(=O)O. The Kier molecular flexibility index (Phi) is 8.92. The summed E-state index contributed by atoms with van der Waals surface area (Å²) in [5, 5.41) is 12.5. The van der Waals surface area contributed by atoms with Crippen LogP contribution in [0.15, 0.2) is 49.1 Å². The summed E-state index contributed by atoms with van der Waals surface area (Å²) in [6.07, 6.45) is 12.9. The van der Waals surface area contributed by atoms with Gasteiger partial charge in [-0.2, -0.15) is 0 Å². The van der Waals surface area contributed by atoms with Gasteiger partial charge < -0.3 is 10.4 Å². The zero-order chi connectivity index (χ0) is 19.5. The number of hydrogen-bond donors (Lipinski definition) is 2. The molecular weight excluding hydrogens is 338 g/mol. The second-order valence-corrected chi connectivity index (χ2v) is 7.17. The number of hydrogen-bond acceptors (Lipinski definition) is 3. The van der Waals surface area contributed by atoms with Gasteiger partial charge in [-0.3, -0.25) is 9.78 Å². The minimum Gasteiger partial charge on any atom is -0.480 e.